The minimum atomic E-state index is -0.225. The number of amides is 1. The normalized spacial score (nSPS) is 19.8. The maximum atomic E-state index is 13.2. The number of carbonyl (C=O) groups excluding carboxylic acids is 1. The van der Waals surface area contributed by atoms with E-state index in [2.05, 4.69) is 57.1 Å². The van der Waals surface area contributed by atoms with Crippen LogP contribution < -0.4 is 0 Å². The summed E-state index contributed by atoms with van der Waals surface area (Å²) in [5.74, 6) is 0.277. The van der Waals surface area contributed by atoms with E-state index in [1.165, 1.54) is 11.1 Å². The van der Waals surface area contributed by atoms with E-state index < -0.39 is 0 Å². The smallest absolute Gasteiger partial charge is 0.234 e. The van der Waals surface area contributed by atoms with E-state index in [1.807, 2.05) is 30.2 Å². The molecule has 0 saturated carbocycles. The molecule has 1 aliphatic carbocycles. The fraction of sp³-hybridized carbons (Fsp3) is 0.300. The third-order valence-corrected chi connectivity index (χ3v) is 6.31. The predicted molar refractivity (Wildman–Crippen MR) is 107 cm³/mol. The second kappa shape index (κ2) is 6.44. The minimum absolute atomic E-state index is 0.225. The van der Waals surface area contributed by atoms with Gasteiger partial charge in [-0.05, 0) is 71.6 Å². The van der Waals surface area contributed by atoms with Crippen LogP contribution in [0.2, 0.25) is 0 Å². The van der Waals surface area contributed by atoms with Crippen LogP contribution >= 0.6 is 22.6 Å². The number of nitrogens with one attached hydrogen (secondary N) is 1. The van der Waals surface area contributed by atoms with E-state index in [1.54, 1.807) is 6.20 Å². The van der Waals surface area contributed by atoms with Crippen molar-refractivity contribution in [3.63, 3.8) is 0 Å². The number of hydrogen-bond donors (Lipinski definition) is 1. The highest BCUT2D eigenvalue weighted by molar-refractivity contribution is 14.1. The van der Waals surface area contributed by atoms with E-state index in [4.69, 9.17) is 0 Å². The van der Waals surface area contributed by atoms with Crippen molar-refractivity contribution in [3.05, 3.63) is 69.2 Å². The van der Waals surface area contributed by atoms with E-state index in [9.17, 15) is 4.79 Å². The summed E-state index contributed by atoms with van der Waals surface area (Å²) in [7, 11) is 0. The first-order valence-corrected chi connectivity index (χ1v) is 9.59. The summed E-state index contributed by atoms with van der Waals surface area (Å²) < 4.78 is 0.985. The minimum Gasteiger partial charge on any atom is -0.307 e. The first-order chi connectivity index (χ1) is 12.1. The average molecular weight is 445 g/mol. The van der Waals surface area contributed by atoms with Gasteiger partial charge >= 0.3 is 0 Å². The van der Waals surface area contributed by atoms with Crippen molar-refractivity contribution in [2.75, 3.05) is 6.54 Å². The number of nitrogens with zero attached hydrogens (tertiary/aromatic N) is 2. The number of rotatable bonds is 3. The van der Waals surface area contributed by atoms with Crippen molar-refractivity contribution >= 4 is 34.1 Å². The van der Waals surface area contributed by atoms with Crippen molar-refractivity contribution in [3.8, 4) is 0 Å². The molecule has 4 rings (SSSR count). The third kappa shape index (κ3) is 2.94. The van der Waals surface area contributed by atoms with Crippen molar-refractivity contribution in [2.24, 2.45) is 5.41 Å². The molecule has 5 heteroatoms. The van der Waals surface area contributed by atoms with Gasteiger partial charge in [-0.2, -0.15) is 5.10 Å². The molecule has 1 fully saturated rings. The number of halogens is 1. The standard InChI is InChI=1S/C20H20IN3O/c1-14(17-12-22-23-13-17)6-7-18(21)24-9-8-20(19(24)25)10-15-4-2-3-5-16(15)11-20/h2-7,12-13H,8-11H2,1H3,(H,22,23)/b14-6+,18-7+. The molecule has 4 nitrogen and oxygen atoms in total. The fourth-order valence-electron chi connectivity index (χ4n) is 3.89. The van der Waals surface area contributed by atoms with Crippen LogP contribution in [0, 0.1) is 5.41 Å². The summed E-state index contributed by atoms with van der Waals surface area (Å²) >= 11 is 2.28. The predicted octanol–water partition coefficient (Wildman–Crippen LogP) is 4.11. The molecule has 2 aromatic rings. The largest absolute Gasteiger partial charge is 0.307 e. The molecule has 25 heavy (non-hydrogen) atoms. The van der Waals surface area contributed by atoms with Crippen LogP contribution in [-0.4, -0.2) is 27.5 Å². The Morgan fingerprint density at radius 3 is 2.64 bits per heavy atom. The Kier molecular flexibility index (Phi) is 4.27. The van der Waals surface area contributed by atoms with E-state index >= 15 is 0 Å². The number of carbonyl (C=O) groups is 1. The van der Waals surface area contributed by atoms with Gasteiger partial charge in [-0.1, -0.05) is 30.3 Å². The van der Waals surface area contributed by atoms with Crippen molar-refractivity contribution < 1.29 is 4.79 Å². The van der Waals surface area contributed by atoms with Gasteiger partial charge in [-0.25, -0.2) is 0 Å². The molecule has 1 aromatic carbocycles. The molecular formula is C20H20IN3O. The zero-order valence-electron chi connectivity index (χ0n) is 14.1. The lowest BCUT2D eigenvalue weighted by Gasteiger charge is -2.22. The SMILES string of the molecule is C/C(=C\C=C(/I)N1CCC2(Cc3ccccc3C2)C1=O)c1cn[nH]c1. The Labute approximate surface area is 161 Å². The van der Waals surface area contributed by atoms with Crippen LogP contribution in [0.5, 0.6) is 0 Å². The highest BCUT2D eigenvalue weighted by Gasteiger charge is 2.50. The van der Waals surface area contributed by atoms with Gasteiger partial charge in [0.25, 0.3) is 0 Å². The van der Waals surface area contributed by atoms with E-state index in [0.717, 1.165) is 40.6 Å². The van der Waals surface area contributed by atoms with Gasteiger partial charge in [-0.3, -0.25) is 9.89 Å². The van der Waals surface area contributed by atoms with Gasteiger partial charge in [-0.15, -0.1) is 0 Å². The van der Waals surface area contributed by atoms with E-state index in [-0.39, 0.29) is 11.3 Å². The van der Waals surface area contributed by atoms with E-state index in [0.29, 0.717) is 0 Å². The lowest BCUT2D eigenvalue weighted by molar-refractivity contribution is -0.133. The van der Waals surface area contributed by atoms with Gasteiger partial charge in [0.2, 0.25) is 5.91 Å². The van der Waals surface area contributed by atoms with Gasteiger partial charge in [0, 0.05) is 18.3 Å². The first-order valence-electron chi connectivity index (χ1n) is 8.51. The van der Waals surface area contributed by atoms with Gasteiger partial charge in [0.1, 0.15) is 0 Å². The van der Waals surface area contributed by atoms with Gasteiger partial charge in [0.05, 0.1) is 15.3 Å². The molecule has 1 spiro atoms. The summed E-state index contributed by atoms with van der Waals surface area (Å²) in [6, 6.07) is 8.47. The van der Waals surface area contributed by atoms with Crippen LogP contribution in [0.15, 0.2) is 52.5 Å². The molecule has 2 aliphatic rings. The lowest BCUT2D eigenvalue weighted by Crippen LogP contribution is -2.33. The molecule has 0 unspecified atom stereocenters. The molecule has 0 bridgehead atoms. The Morgan fingerprint density at radius 2 is 2.00 bits per heavy atom. The summed E-state index contributed by atoms with van der Waals surface area (Å²) in [5, 5.41) is 6.80. The molecule has 0 atom stereocenters. The number of allylic oxidation sites excluding steroid dienone is 3. The number of fused-ring (bicyclic) bond motifs is 1. The number of aromatic nitrogens is 2. The van der Waals surface area contributed by atoms with Crippen molar-refractivity contribution in [1.82, 2.24) is 15.1 Å². The highest BCUT2D eigenvalue weighted by atomic mass is 127. The maximum absolute atomic E-state index is 13.2. The van der Waals surface area contributed by atoms with Crippen LogP contribution in [0.3, 0.4) is 0 Å². The number of benzene rings is 1. The Morgan fingerprint density at radius 1 is 1.28 bits per heavy atom. The Bertz CT molecular complexity index is 842. The molecule has 2 heterocycles. The molecule has 1 aliphatic heterocycles. The molecule has 0 radical (unpaired) electrons. The highest BCUT2D eigenvalue weighted by Crippen LogP contribution is 2.46. The number of aromatic amines is 1. The van der Waals surface area contributed by atoms with Gasteiger partial charge < -0.3 is 4.90 Å². The number of likely N-dealkylation sites (tertiary alicyclic amines) is 1. The summed E-state index contributed by atoms with van der Waals surface area (Å²) in [6.07, 6.45) is 10.5. The summed E-state index contributed by atoms with van der Waals surface area (Å²) in [4.78, 5) is 15.1. The van der Waals surface area contributed by atoms with Crippen LogP contribution in [0.1, 0.15) is 30.0 Å². The molecule has 128 valence electrons. The number of H-pyrrole nitrogens is 1. The summed E-state index contributed by atoms with van der Waals surface area (Å²) in [6.45, 7) is 2.85. The molecule has 1 saturated heterocycles. The van der Waals surface area contributed by atoms with Crippen LogP contribution in [-0.2, 0) is 17.6 Å². The molecular weight excluding hydrogens is 425 g/mol. The van der Waals surface area contributed by atoms with Crippen molar-refractivity contribution in [2.45, 2.75) is 26.2 Å². The second-order valence-corrected chi connectivity index (χ2v) is 8.04. The second-order valence-electron chi connectivity index (χ2n) is 6.94. The maximum Gasteiger partial charge on any atom is 0.234 e. The number of hydrogen-bond acceptors (Lipinski definition) is 2. The van der Waals surface area contributed by atoms with Gasteiger partial charge in [0.15, 0.2) is 0 Å². The summed E-state index contributed by atoms with van der Waals surface area (Å²) in [5.41, 5.74) is 4.64. The van der Waals surface area contributed by atoms with Crippen LogP contribution in [0.25, 0.3) is 5.57 Å². The molecule has 1 aromatic heterocycles. The third-order valence-electron chi connectivity index (χ3n) is 5.37. The lowest BCUT2D eigenvalue weighted by atomic mass is 9.83. The zero-order chi connectivity index (χ0) is 17.4. The molecule has 1 N–H and O–H groups in total. The van der Waals surface area contributed by atoms with Crippen LogP contribution in [0.4, 0.5) is 0 Å². The topological polar surface area (TPSA) is 49.0 Å². The first kappa shape index (κ1) is 16.6. The average Bonchev–Trinajstić information content (AvgIpc) is 3.33. The zero-order valence-corrected chi connectivity index (χ0v) is 16.3. The Hall–Kier alpha value is -1.89. The molecule has 1 amide bonds. The monoisotopic (exact) mass is 445 g/mol. The van der Waals surface area contributed by atoms with Crippen molar-refractivity contribution in [1.29, 1.82) is 0 Å². The fourth-order valence-corrected chi connectivity index (χ4v) is 4.53. The quantitative estimate of drug-likeness (QED) is 0.439. The Balaban J connectivity index is 1.53.